The number of carbonyl (C=O) groups excluding carboxylic acids is 3. The van der Waals surface area contributed by atoms with E-state index < -0.39 is 5.92 Å². The van der Waals surface area contributed by atoms with Crippen LogP contribution < -0.4 is 15.4 Å². The summed E-state index contributed by atoms with van der Waals surface area (Å²) in [6, 6.07) is 18.1. The van der Waals surface area contributed by atoms with Crippen molar-refractivity contribution in [3.8, 4) is 11.5 Å². The zero-order chi connectivity index (χ0) is 27.7. The topological polar surface area (TPSA) is 135 Å². The fourth-order valence-electron chi connectivity index (χ4n) is 4.42. The van der Waals surface area contributed by atoms with Crippen molar-refractivity contribution >= 4 is 40.9 Å². The molecule has 4 aromatic rings. The normalized spacial score (nSPS) is 14.2. The molecule has 3 aromatic carbocycles. The number of fused-ring (bicyclic) bond motifs is 1. The first-order valence-electron chi connectivity index (χ1n) is 12.1. The van der Waals surface area contributed by atoms with Gasteiger partial charge >= 0.3 is 0 Å². The average Bonchev–Trinajstić information content (AvgIpc) is 3.43. The van der Waals surface area contributed by atoms with E-state index in [0.717, 1.165) is 5.69 Å². The molecule has 39 heavy (non-hydrogen) atoms. The Hall–Kier alpha value is -5.25. The van der Waals surface area contributed by atoms with Crippen molar-refractivity contribution in [2.45, 2.75) is 12.8 Å². The van der Waals surface area contributed by atoms with Crippen LogP contribution in [0.2, 0.25) is 0 Å². The molecular weight excluding hydrogens is 498 g/mol. The minimum Gasteiger partial charge on any atom is -0.504 e. The van der Waals surface area contributed by atoms with Gasteiger partial charge in [-0.05, 0) is 48.9 Å². The molecule has 10 heteroatoms. The first-order chi connectivity index (χ1) is 18.7. The van der Waals surface area contributed by atoms with Crippen molar-refractivity contribution in [2.75, 3.05) is 17.7 Å². The van der Waals surface area contributed by atoms with Crippen LogP contribution in [-0.2, 0) is 11.8 Å². The van der Waals surface area contributed by atoms with Gasteiger partial charge in [0.2, 0.25) is 5.91 Å². The third kappa shape index (κ3) is 5.12. The Morgan fingerprint density at radius 2 is 1.90 bits per heavy atom. The van der Waals surface area contributed by atoms with E-state index in [9.17, 15) is 19.5 Å². The molecular formula is C29H25N5O5. The Kier molecular flexibility index (Phi) is 6.68. The Bertz CT molecular complexity index is 1660. The van der Waals surface area contributed by atoms with Gasteiger partial charge in [0.05, 0.1) is 18.5 Å². The highest BCUT2D eigenvalue weighted by atomic mass is 16.5. The number of ether oxygens (including phenoxy) is 1. The second-order valence-electron chi connectivity index (χ2n) is 9.06. The second kappa shape index (κ2) is 10.3. The monoisotopic (exact) mass is 523 g/mol. The van der Waals surface area contributed by atoms with E-state index >= 15 is 0 Å². The predicted molar refractivity (Wildman–Crippen MR) is 146 cm³/mol. The Morgan fingerprint density at radius 3 is 2.62 bits per heavy atom. The number of hydrogen-bond acceptors (Lipinski definition) is 7. The summed E-state index contributed by atoms with van der Waals surface area (Å²) in [6.45, 7) is 1.80. The Labute approximate surface area is 224 Å². The molecule has 1 atom stereocenters. The Balaban J connectivity index is 1.33. The number of rotatable bonds is 7. The first-order valence-corrected chi connectivity index (χ1v) is 12.1. The maximum atomic E-state index is 13.3. The number of aromatic hydroxyl groups is 1. The molecule has 0 saturated heterocycles. The predicted octanol–water partition coefficient (Wildman–Crippen LogP) is 4.36. The van der Waals surface area contributed by atoms with E-state index in [1.54, 1.807) is 74.6 Å². The summed E-state index contributed by atoms with van der Waals surface area (Å²) in [5.41, 5.74) is 4.05. The highest BCUT2D eigenvalue weighted by Crippen LogP contribution is 2.34. The highest BCUT2D eigenvalue weighted by Gasteiger charge is 2.30. The van der Waals surface area contributed by atoms with Gasteiger partial charge in [-0.1, -0.05) is 24.3 Å². The van der Waals surface area contributed by atoms with Crippen LogP contribution in [0.1, 0.15) is 43.6 Å². The van der Waals surface area contributed by atoms with Crippen molar-refractivity contribution in [1.82, 2.24) is 9.78 Å². The molecule has 0 saturated carbocycles. The molecule has 0 spiro atoms. The quantitative estimate of drug-likeness (QED) is 0.243. The van der Waals surface area contributed by atoms with Gasteiger partial charge in [0, 0.05) is 41.8 Å². The van der Waals surface area contributed by atoms with Crippen LogP contribution in [0.25, 0.3) is 0 Å². The van der Waals surface area contributed by atoms with Crippen LogP contribution in [0.4, 0.5) is 17.1 Å². The number of ketones is 1. The number of benzene rings is 3. The molecule has 1 aliphatic heterocycles. The number of aromatic nitrogens is 2. The minimum atomic E-state index is -0.650. The molecule has 0 radical (unpaired) electrons. The number of hydrogen-bond donors (Lipinski definition) is 3. The van der Waals surface area contributed by atoms with Crippen LogP contribution in [-0.4, -0.2) is 45.8 Å². The molecule has 2 heterocycles. The first kappa shape index (κ1) is 25.4. The van der Waals surface area contributed by atoms with E-state index in [4.69, 9.17) is 4.74 Å². The fraction of sp³-hybridized carbons (Fsp3) is 0.138. The molecule has 1 aromatic heterocycles. The van der Waals surface area contributed by atoms with Crippen molar-refractivity contribution in [3.63, 3.8) is 0 Å². The lowest BCUT2D eigenvalue weighted by atomic mass is 9.97. The van der Waals surface area contributed by atoms with E-state index in [1.165, 1.54) is 24.1 Å². The highest BCUT2D eigenvalue weighted by molar-refractivity contribution is 6.15. The van der Waals surface area contributed by atoms with Gasteiger partial charge in [0.25, 0.3) is 5.91 Å². The number of methoxy groups -OCH3 is 1. The maximum Gasteiger partial charge on any atom is 0.273 e. The van der Waals surface area contributed by atoms with Gasteiger partial charge in [-0.15, -0.1) is 0 Å². The van der Waals surface area contributed by atoms with Crippen LogP contribution >= 0.6 is 0 Å². The van der Waals surface area contributed by atoms with E-state index in [1.807, 2.05) is 0 Å². The molecule has 3 N–H and O–H groups in total. The summed E-state index contributed by atoms with van der Waals surface area (Å²) < 4.78 is 6.53. The number of nitrogens with one attached hydrogen (secondary N) is 2. The van der Waals surface area contributed by atoms with Gasteiger partial charge in [-0.25, -0.2) is 0 Å². The number of amides is 2. The summed E-state index contributed by atoms with van der Waals surface area (Å²) in [5.74, 6) is -1.24. The number of phenols is 1. The number of aliphatic imine (C=N–C) groups is 1. The van der Waals surface area contributed by atoms with Crippen molar-refractivity contribution in [1.29, 1.82) is 0 Å². The summed E-state index contributed by atoms with van der Waals surface area (Å²) >= 11 is 0. The lowest BCUT2D eigenvalue weighted by Crippen LogP contribution is -2.16. The van der Waals surface area contributed by atoms with Crippen molar-refractivity contribution < 1.29 is 24.2 Å². The number of aryl methyl sites for hydroxylation is 2. The van der Waals surface area contributed by atoms with Crippen LogP contribution in [0.15, 0.2) is 71.7 Å². The van der Waals surface area contributed by atoms with Crippen LogP contribution in [0.3, 0.4) is 0 Å². The molecule has 2 amide bonds. The minimum absolute atomic E-state index is 0.0534. The van der Waals surface area contributed by atoms with Crippen LogP contribution in [0.5, 0.6) is 11.5 Å². The van der Waals surface area contributed by atoms with Gasteiger partial charge in [0.1, 0.15) is 11.6 Å². The average molecular weight is 524 g/mol. The maximum absolute atomic E-state index is 13.3. The van der Waals surface area contributed by atoms with Gasteiger partial charge in [0.15, 0.2) is 17.3 Å². The van der Waals surface area contributed by atoms with E-state index in [2.05, 4.69) is 20.7 Å². The lowest BCUT2D eigenvalue weighted by molar-refractivity contribution is -0.115. The zero-order valence-electron chi connectivity index (χ0n) is 21.4. The molecule has 1 aliphatic rings. The third-order valence-electron chi connectivity index (χ3n) is 6.34. The van der Waals surface area contributed by atoms with E-state index in [0.29, 0.717) is 45.2 Å². The number of phenolic OH excluding ortho intramolecular Hbond substituents is 1. The van der Waals surface area contributed by atoms with Crippen molar-refractivity contribution in [2.24, 2.45) is 12.0 Å². The molecule has 0 fully saturated rings. The smallest absolute Gasteiger partial charge is 0.273 e. The summed E-state index contributed by atoms with van der Waals surface area (Å²) in [4.78, 5) is 42.9. The molecule has 5 rings (SSSR count). The SMILES string of the molecule is COc1ccc(N=CC2C(=O)Nc3cc(C(=O)c4cccc(NC(=O)c5cc(C)nn5C)c4)ccc32)cc1O. The molecule has 10 nitrogen and oxygen atoms in total. The van der Waals surface area contributed by atoms with Gasteiger partial charge in [-0.3, -0.25) is 24.1 Å². The van der Waals surface area contributed by atoms with Crippen molar-refractivity contribution in [3.05, 3.63) is 94.8 Å². The zero-order valence-corrected chi connectivity index (χ0v) is 21.4. The number of carbonyl (C=O) groups is 3. The van der Waals surface area contributed by atoms with Gasteiger partial charge in [-0.2, -0.15) is 5.10 Å². The second-order valence-corrected chi connectivity index (χ2v) is 9.06. The fourth-order valence-corrected chi connectivity index (χ4v) is 4.42. The molecule has 0 aliphatic carbocycles. The molecule has 196 valence electrons. The Morgan fingerprint density at radius 1 is 1.10 bits per heavy atom. The summed E-state index contributed by atoms with van der Waals surface area (Å²) in [7, 11) is 3.14. The molecule has 1 unspecified atom stereocenters. The standard InChI is InChI=1S/C29H25N5O5/c1-16-11-24(34(2)33-16)29(38)31-20-6-4-5-17(12-20)27(36)18-7-9-21-22(28(37)32-23(21)13-18)15-30-19-8-10-26(39-3)25(35)14-19/h4-15,22,35H,1-3H3,(H,31,38)(H,32,37). The number of nitrogens with zero attached hydrogens (tertiary/aromatic N) is 3. The third-order valence-corrected chi connectivity index (χ3v) is 6.34. The summed E-state index contributed by atoms with van der Waals surface area (Å²) in [6.07, 6.45) is 1.50. The largest absolute Gasteiger partial charge is 0.504 e. The van der Waals surface area contributed by atoms with Crippen LogP contribution in [0, 0.1) is 6.92 Å². The number of anilines is 2. The molecule has 0 bridgehead atoms. The van der Waals surface area contributed by atoms with Gasteiger partial charge < -0.3 is 20.5 Å². The van der Waals surface area contributed by atoms with E-state index in [-0.39, 0.29) is 23.3 Å². The lowest BCUT2D eigenvalue weighted by Gasteiger charge is -2.09. The summed E-state index contributed by atoms with van der Waals surface area (Å²) in [5, 5.41) is 19.8.